The van der Waals surface area contributed by atoms with Gasteiger partial charge in [0.2, 0.25) is 5.89 Å². The summed E-state index contributed by atoms with van der Waals surface area (Å²) in [4.78, 5) is 0. The summed E-state index contributed by atoms with van der Waals surface area (Å²) in [5.41, 5.74) is 2.18. The van der Waals surface area contributed by atoms with Gasteiger partial charge in [0.15, 0.2) is 6.61 Å². The summed E-state index contributed by atoms with van der Waals surface area (Å²) in [5.74, 6) is 1.74. The van der Waals surface area contributed by atoms with Gasteiger partial charge in [-0.3, -0.25) is 0 Å². The van der Waals surface area contributed by atoms with Crippen LogP contribution in [-0.2, 0) is 13.2 Å². The van der Waals surface area contributed by atoms with Crippen molar-refractivity contribution in [2.24, 2.45) is 0 Å². The van der Waals surface area contributed by atoms with Crippen LogP contribution in [0.15, 0.2) is 57.4 Å². The lowest BCUT2D eigenvalue weighted by molar-refractivity contribution is 0.259. The van der Waals surface area contributed by atoms with Gasteiger partial charge in [0.1, 0.15) is 5.75 Å². The first-order valence-corrected chi connectivity index (χ1v) is 7.99. The minimum atomic E-state index is 0.255. The average molecular weight is 374 g/mol. The molecule has 0 spiro atoms. The molecule has 0 aliphatic heterocycles. The normalized spacial score (nSPS) is 10.5. The van der Waals surface area contributed by atoms with Gasteiger partial charge in [0, 0.05) is 10.2 Å². The van der Waals surface area contributed by atoms with Crippen molar-refractivity contribution in [1.82, 2.24) is 10.2 Å². The summed E-state index contributed by atoms with van der Waals surface area (Å²) in [6, 6.07) is 15.6. The number of para-hydroxylation sites is 1. The molecule has 23 heavy (non-hydrogen) atoms. The van der Waals surface area contributed by atoms with Gasteiger partial charge in [-0.1, -0.05) is 24.3 Å². The van der Waals surface area contributed by atoms with E-state index in [9.17, 15) is 0 Å². The third-order valence-electron chi connectivity index (χ3n) is 3.17. The van der Waals surface area contributed by atoms with Crippen molar-refractivity contribution in [3.8, 4) is 5.75 Å². The highest BCUT2D eigenvalue weighted by Gasteiger charge is 2.08. The second kappa shape index (κ2) is 7.28. The van der Waals surface area contributed by atoms with Gasteiger partial charge in [0.05, 0.1) is 6.54 Å². The Morgan fingerprint density at radius 2 is 1.87 bits per heavy atom. The van der Waals surface area contributed by atoms with Crippen LogP contribution in [0.4, 0.5) is 5.69 Å². The minimum absolute atomic E-state index is 0.255. The van der Waals surface area contributed by atoms with Gasteiger partial charge >= 0.3 is 0 Å². The first-order chi connectivity index (χ1) is 11.2. The van der Waals surface area contributed by atoms with E-state index in [2.05, 4.69) is 37.5 Å². The van der Waals surface area contributed by atoms with Crippen LogP contribution in [0.3, 0.4) is 0 Å². The largest absolute Gasteiger partial charge is 0.484 e. The summed E-state index contributed by atoms with van der Waals surface area (Å²) >= 11 is 3.53. The molecule has 3 rings (SSSR count). The second-order valence-corrected chi connectivity index (χ2v) is 5.88. The number of ether oxygens (including phenoxy) is 1. The second-order valence-electron chi connectivity index (χ2n) is 5.03. The lowest BCUT2D eigenvalue weighted by atomic mass is 10.2. The number of halogens is 1. The van der Waals surface area contributed by atoms with E-state index in [1.165, 1.54) is 5.56 Å². The number of aryl methyl sites for hydroxylation is 1. The standard InChI is InChI=1S/C17H16BrN3O2/c1-12-7-8-15(14(18)9-12)19-10-16-20-21-17(23-16)11-22-13-5-3-2-4-6-13/h2-9,19H,10-11H2,1H3. The van der Waals surface area contributed by atoms with Crippen molar-refractivity contribution < 1.29 is 9.15 Å². The number of benzene rings is 2. The molecule has 0 aliphatic carbocycles. The van der Waals surface area contributed by atoms with Crippen molar-refractivity contribution in [3.05, 3.63) is 70.3 Å². The topological polar surface area (TPSA) is 60.2 Å². The van der Waals surface area contributed by atoms with Gasteiger partial charge in [-0.25, -0.2) is 0 Å². The third-order valence-corrected chi connectivity index (χ3v) is 3.82. The molecule has 1 N–H and O–H groups in total. The Bertz CT molecular complexity index is 775. The maximum atomic E-state index is 5.58. The Balaban J connectivity index is 1.55. The van der Waals surface area contributed by atoms with Gasteiger partial charge in [0.25, 0.3) is 5.89 Å². The van der Waals surface area contributed by atoms with Crippen LogP contribution in [0.1, 0.15) is 17.3 Å². The Kier molecular flexibility index (Phi) is 4.92. The van der Waals surface area contributed by atoms with E-state index >= 15 is 0 Å². The Morgan fingerprint density at radius 3 is 2.65 bits per heavy atom. The van der Waals surface area contributed by atoms with Gasteiger partial charge in [-0.05, 0) is 52.7 Å². The summed E-state index contributed by atoms with van der Waals surface area (Å²) in [6.07, 6.45) is 0. The van der Waals surface area contributed by atoms with Crippen molar-refractivity contribution in [1.29, 1.82) is 0 Å². The highest BCUT2D eigenvalue weighted by atomic mass is 79.9. The number of anilines is 1. The first kappa shape index (κ1) is 15.6. The monoisotopic (exact) mass is 373 g/mol. The summed E-state index contributed by atoms with van der Waals surface area (Å²) < 4.78 is 12.1. The molecule has 0 atom stereocenters. The SMILES string of the molecule is Cc1ccc(NCc2nnc(COc3ccccc3)o2)c(Br)c1. The Morgan fingerprint density at radius 1 is 1.09 bits per heavy atom. The molecule has 5 nitrogen and oxygen atoms in total. The third kappa shape index (κ3) is 4.32. The molecule has 0 unspecified atom stereocenters. The average Bonchev–Trinajstić information content (AvgIpc) is 3.01. The van der Waals surface area contributed by atoms with Gasteiger partial charge in [-0.15, -0.1) is 10.2 Å². The van der Waals surface area contributed by atoms with Crippen LogP contribution in [0.5, 0.6) is 5.75 Å². The minimum Gasteiger partial charge on any atom is -0.484 e. The van der Waals surface area contributed by atoms with Crippen molar-refractivity contribution >= 4 is 21.6 Å². The zero-order chi connectivity index (χ0) is 16.1. The number of rotatable bonds is 6. The molecule has 2 aromatic carbocycles. The van der Waals surface area contributed by atoms with Crippen molar-refractivity contribution in [2.75, 3.05) is 5.32 Å². The molecule has 0 amide bonds. The molecule has 0 fully saturated rings. The Hall–Kier alpha value is -2.34. The fourth-order valence-corrected chi connectivity index (χ4v) is 2.65. The van der Waals surface area contributed by atoms with Crippen LogP contribution >= 0.6 is 15.9 Å². The molecule has 3 aromatic rings. The highest BCUT2D eigenvalue weighted by molar-refractivity contribution is 9.10. The maximum Gasteiger partial charge on any atom is 0.253 e. The van der Waals surface area contributed by atoms with Crippen LogP contribution in [0.25, 0.3) is 0 Å². The number of hydrogen-bond acceptors (Lipinski definition) is 5. The molecule has 118 valence electrons. The predicted molar refractivity (Wildman–Crippen MR) is 91.3 cm³/mol. The van der Waals surface area contributed by atoms with E-state index in [0.717, 1.165) is 15.9 Å². The van der Waals surface area contributed by atoms with E-state index in [1.54, 1.807) is 0 Å². The number of nitrogens with one attached hydrogen (secondary N) is 1. The lowest BCUT2D eigenvalue weighted by Crippen LogP contribution is -2.00. The van der Waals surface area contributed by atoms with Crippen LogP contribution in [-0.4, -0.2) is 10.2 Å². The quantitative estimate of drug-likeness (QED) is 0.696. The van der Waals surface area contributed by atoms with E-state index in [-0.39, 0.29) is 6.61 Å². The summed E-state index contributed by atoms with van der Waals surface area (Å²) in [6.45, 7) is 2.76. The van der Waals surface area contributed by atoms with Gasteiger partial charge < -0.3 is 14.5 Å². The smallest absolute Gasteiger partial charge is 0.253 e. The highest BCUT2D eigenvalue weighted by Crippen LogP contribution is 2.23. The number of aromatic nitrogens is 2. The Labute approximate surface area is 142 Å². The van der Waals surface area contributed by atoms with Crippen LogP contribution in [0, 0.1) is 6.92 Å². The molecule has 0 saturated heterocycles. The van der Waals surface area contributed by atoms with E-state index in [0.29, 0.717) is 18.3 Å². The predicted octanol–water partition coefficient (Wildman–Crippen LogP) is 4.33. The lowest BCUT2D eigenvalue weighted by Gasteiger charge is -2.06. The van der Waals surface area contributed by atoms with Crippen LogP contribution in [0.2, 0.25) is 0 Å². The molecule has 1 heterocycles. The zero-order valence-corrected chi connectivity index (χ0v) is 14.2. The zero-order valence-electron chi connectivity index (χ0n) is 12.6. The fourth-order valence-electron chi connectivity index (χ4n) is 2.01. The number of nitrogens with zero attached hydrogens (tertiary/aromatic N) is 2. The summed E-state index contributed by atoms with van der Waals surface area (Å²) in [5, 5.41) is 11.3. The summed E-state index contributed by atoms with van der Waals surface area (Å²) in [7, 11) is 0. The van der Waals surface area contributed by atoms with Crippen molar-refractivity contribution in [2.45, 2.75) is 20.1 Å². The van der Waals surface area contributed by atoms with E-state index in [1.807, 2.05) is 49.4 Å². The van der Waals surface area contributed by atoms with Crippen LogP contribution < -0.4 is 10.1 Å². The van der Waals surface area contributed by atoms with Crippen molar-refractivity contribution in [3.63, 3.8) is 0 Å². The van der Waals surface area contributed by atoms with E-state index in [4.69, 9.17) is 9.15 Å². The fraction of sp³-hybridized carbons (Fsp3) is 0.176. The molecule has 0 aliphatic rings. The van der Waals surface area contributed by atoms with E-state index < -0.39 is 0 Å². The molecule has 0 radical (unpaired) electrons. The molecule has 0 bridgehead atoms. The molecular formula is C17H16BrN3O2. The maximum absolute atomic E-state index is 5.58. The van der Waals surface area contributed by atoms with Gasteiger partial charge in [-0.2, -0.15) is 0 Å². The molecule has 1 aromatic heterocycles. The molecule has 6 heteroatoms. The number of hydrogen-bond donors (Lipinski definition) is 1. The molecular weight excluding hydrogens is 358 g/mol. The first-order valence-electron chi connectivity index (χ1n) is 7.20. The molecule has 0 saturated carbocycles.